The number of carbonyl (C=O) groups is 2. The Labute approximate surface area is 164 Å². The molecular formula is C20H26N6O2. The third-order valence-electron chi connectivity index (χ3n) is 4.72. The lowest BCUT2D eigenvalue weighted by Crippen LogP contribution is -2.39. The molecular weight excluding hydrogens is 356 g/mol. The van der Waals surface area contributed by atoms with Crippen LogP contribution in [0.4, 0.5) is 0 Å². The number of guanidine groups is 1. The summed E-state index contributed by atoms with van der Waals surface area (Å²) >= 11 is 0. The third-order valence-corrected chi connectivity index (χ3v) is 4.72. The topological polar surface area (TPSA) is 82.8 Å². The van der Waals surface area contributed by atoms with Gasteiger partial charge in [0.25, 0.3) is 11.8 Å². The summed E-state index contributed by atoms with van der Waals surface area (Å²) in [5.41, 5.74) is 2.12. The lowest BCUT2D eigenvalue weighted by molar-refractivity contribution is 0.0652. The fourth-order valence-corrected chi connectivity index (χ4v) is 3.32. The zero-order chi connectivity index (χ0) is 20.1. The van der Waals surface area contributed by atoms with Crippen molar-refractivity contribution in [1.29, 1.82) is 0 Å². The summed E-state index contributed by atoms with van der Waals surface area (Å²) in [6.07, 6.45) is 5.38. The van der Waals surface area contributed by atoms with Crippen LogP contribution in [0, 0.1) is 0 Å². The van der Waals surface area contributed by atoms with Crippen LogP contribution in [0.1, 0.15) is 39.1 Å². The molecule has 2 amide bonds. The quantitative estimate of drug-likeness (QED) is 0.340. The number of carbonyl (C=O) groups excluding carboxylic acids is 2. The van der Waals surface area contributed by atoms with Gasteiger partial charge in [-0.1, -0.05) is 12.1 Å². The van der Waals surface area contributed by atoms with E-state index in [2.05, 4.69) is 15.4 Å². The highest BCUT2D eigenvalue weighted by molar-refractivity contribution is 6.21. The highest BCUT2D eigenvalue weighted by Gasteiger charge is 2.34. The molecule has 2 aromatic rings. The Hall–Kier alpha value is -3.16. The summed E-state index contributed by atoms with van der Waals surface area (Å²) in [6, 6.07) is 6.98. The molecule has 3 rings (SSSR count). The Balaban J connectivity index is 1.42. The molecule has 2 heterocycles. The summed E-state index contributed by atoms with van der Waals surface area (Å²) in [4.78, 5) is 32.4. The maximum absolute atomic E-state index is 12.3. The van der Waals surface area contributed by atoms with Crippen LogP contribution in [0.2, 0.25) is 0 Å². The highest BCUT2D eigenvalue weighted by Crippen LogP contribution is 2.22. The van der Waals surface area contributed by atoms with Gasteiger partial charge in [-0.05, 0) is 25.0 Å². The number of aromatic nitrogens is 2. The molecule has 0 saturated heterocycles. The first-order valence-electron chi connectivity index (χ1n) is 9.35. The van der Waals surface area contributed by atoms with E-state index >= 15 is 0 Å². The molecule has 0 bridgehead atoms. The normalized spacial score (nSPS) is 13.8. The first-order valence-corrected chi connectivity index (χ1v) is 9.35. The van der Waals surface area contributed by atoms with Gasteiger partial charge in [0.05, 0.1) is 17.3 Å². The van der Waals surface area contributed by atoms with Crippen molar-refractivity contribution in [2.75, 3.05) is 27.2 Å². The predicted molar refractivity (Wildman–Crippen MR) is 107 cm³/mol. The molecule has 0 saturated carbocycles. The lowest BCUT2D eigenvalue weighted by atomic mass is 10.1. The maximum Gasteiger partial charge on any atom is 0.261 e. The minimum atomic E-state index is -0.194. The number of rotatable bonds is 7. The van der Waals surface area contributed by atoms with E-state index in [1.54, 1.807) is 36.0 Å². The van der Waals surface area contributed by atoms with Crippen LogP contribution in [-0.2, 0) is 13.6 Å². The lowest BCUT2D eigenvalue weighted by Gasteiger charge is -2.21. The van der Waals surface area contributed by atoms with E-state index in [1.165, 1.54) is 4.90 Å². The molecule has 1 aromatic carbocycles. The highest BCUT2D eigenvalue weighted by atomic mass is 16.2. The average molecular weight is 382 g/mol. The second kappa shape index (κ2) is 8.69. The van der Waals surface area contributed by atoms with E-state index in [9.17, 15) is 9.59 Å². The van der Waals surface area contributed by atoms with E-state index in [0.717, 1.165) is 24.4 Å². The van der Waals surface area contributed by atoms with Crippen molar-refractivity contribution < 1.29 is 9.59 Å². The minimum Gasteiger partial charge on any atom is -0.356 e. The fourth-order valence-electron chi connectivity index (χ4n) is 3.32. The molecule has 1 aromatic heterocycles. The minimum absolute atomic E-state index is 0.194. The smallest absolute Gasteiger partial charge is 0.261 e. The van der Waals surface area contributed by atoms with E-state index in [-0.39, 0.29) is 11.8 Å². The van der Waals surface area contributed by atoms with E-state index < -0.39 is 0 Å². The Morgan fingerprint density at radius 3 is 2.43 bits per heavy atom. The first-order chi connectivity index (χ1) is 13.5. The van der Waals surface area contributed by atoms with Crippen molar-refractivity contribution in [2.45, 2.75) is 19.4 Å². The monoisotopic (exact) mass is 382 g/mol. The number of benzene rings is 1. The molecule has 0 fully saturated rings. The number of nitrogens with zero attached hydrogens (tertiary/aromatic N) is 5. The van der Waals surface area contributed by atoms with Gasteiger partial charge in [-0.25, -0.2) is 0 Å². The maximum atomic E-state index is 12.3. The number of hydrogen-bond acceptors (Lipinski definition) is 4. The molecule has 1 N–H and O–H groups in total. The second-order valence-corrected chi connectivity index (χ2v) is 6.87. The molecule has 1 aliphatic rings. The van der Waals surface area contributed by atoms with Crippen molar-refractivity contribution >= 4 is 17.8 Å². The zero-order valence-electron chi connectivity index (χ0n) is 16.6. The summed E-state index contributed by atoms with van der Waals surface area (Å²) in [7, 11) is 5.62. The molecule has 148 valence electrons. The molecule has 0 aliphatic carbocycles. The Kier molecular flexibility index (Phi) is 6.08. The Morgan fingerprint density at radius 2 is 1.86 bits per heavy atom. The van der Waals surface area contributed by atoms with Gasteiger partial charge in [0.1, 0.15) is 0 Å². The fraction of sp³-hybridized carbons (Fsp3) is 0.400. The first kappa shape index (κ1) is 19.6. The number of amides is 2. The second-order valence-electron chi connectivity index (χ2n) is 6.87. The average Bonchev–Trinajstić information content (AvgIpc) is 3.20. The van der Waals surface area contributed by atoms with Gasteiger partial charge in [-0.3, -0.25) is 24.2 Å². The number of nitrogens with one attached hydrogen (secondary N) is 1. The van der Waals surface area contributed by atoms with Crippen molar-refractivity contribution in [1.82, 2.24) is 24.9 Å². The molecule has 0 spiro atoms. The van der Waals surface area contributed by atoms with Crippen LogP contribution in [-0.4, -0.2) is 64.5 Å². The van der Waals surface area contributed by atoms with E-state index in [4.69, 9.17) is 0 Å². The Bertz CT molecular complexity index is 853. The molecule has 0 unspecified atom stereocenters. The van der Waals surface area contributed by atoms with Crippen LogP contribution >= 0.6 is 0 Å². The zero-order valence-corrected chi connectivity index (χ0v) is 16.6. The van der Waals surface area contributed by atoms with Crippen molar-refractivity contribution in [2.24, 2.45) is 12.0 Å². The van der Waals surface area contributed by atoms with Gasteiger partial charge >= 0.3 is 0 Å². The standard InChI is InChI=1S/C20H26N6O2/c1-21-20(24(2)13-15-12-23-25(3)14-15)22-10-6-7-11-26-18(27)16-8-4-5-9-17(16)19(26)28/h4-5,8-9,12,14H,6-7,10-11,13H2,1-3H3,(H,21,22). The van der Waals surface area contributed by atoms with Gasteiger partial charge in [0.15, 0.2) is 5.96 Å². The predicted octanol–water partition coefficient (Wildman–Crippen LogP) is 1.50. The van der Waals surface area contributed by atoms with Crippen molar-refractivity contribution in [3.05, 3.63) is 53.3 Å². The summed E-state index contributed by atoms with van der Waals surface area (Å²) in [6.45, 7) is 1.86. The van der Waals surface area contributed by atoms with Gasteiger partial charge in [0, 0.05) is 52.5 Å². The number of imide groups is 1. The number of unbranched alkanes of at least 4 members (excludes halogenated alkanes) is 1. The van der Waals surface area contributed by atoms with Crippen LogP contribution in [0.5, 0.6) is 0 Å². The van der Waals surface area contributed by atoms with Gasteiger partial charge in [-0.2, -0.15) is 5.10 Å². The van der Waals surface area contributed by atoms with Gasteiger partial charge in [0.2, 0.25) is 0 Å². The molecule has 0 atom stereocenters. The largest absolute Gasteiger partial charge is 0.356 e. The van der Waals surface area contributed by atoms with Crippen molar-refractivity contribution in [3.8, 4) is 0 Å². The molecule has 28 heavy (non-hydrogen) atoms. The van der Waals surface area contributed by atoms with Crippen LogP contribution in [0.3, 0.4) is 0 Å². The van der Waals surface area contributed by atoms with Crippen LogP contribution < -0.4 is 5.32 Å². The molecule has 1 aliphatic heterocycles. The molecule has 0 radical (unpaired) electrons. The summed E-state index contributed by atoms with van der Waals surface area (Å²) < 4.78 is 1.78. The summed E-state index contributed by atoms with van der Waals surface area (Å²) in [5.74, 6) is 0.408. The Morgan fingerprint density at radius 1 is 1.18 bits per heavy atom. The van der Waals surface area contributed by atoms with Crippen LogP contribution in [0.15, 0.2) is 41.7 Å². The van der Waals surface area contributed by atoms with Gasteiger partial charge in [-0.15, -0.1) is 0 Å². The number of aliphatic imine (C=N–C) groups is 1. The SMILES string of the molecule is CN=C(NCCCCN1C(=O)c2ccccc2C1=O)N(C)Cc1cnn(C)c1. The third kappa shape index (κ3) is 4.21. The number of fused-ring (bicyclic) bond motifs is 1. The van der Waals surface area contributed by atoms with Crippen molar-refractivity contribution in [3.63, 3.8) is 0 Å². The molecule has 8 nitrogen and oxygen atoms in total. The number of aryl methyl sites for hydroxylation is 1. The van der Waals surface area contributed by atoms with Gasteiger partial charge < -0.3 is 10.2 Å². The van der Waals surface area contributed by atoms with E-state index in [1.807, 2.05) is 31.4 Å². The number of hydrogen-bond donors (Lipinski definition) is 1. The molecule has 8 heteroatoms. The van der Waals surface area contributed by atoms with E-state index in [0.29, 0.717) is 30.8 Å². The van der Waals surface area contributed by atoms with Crippen LogP contribution in [0.25, 0.3) is 0 Å². The summed E-state index contributed by atoms with van der Waals surface area (Å²) in [5, 5.41) is 7.50.